The van der Waals surface area contributed by atoms with Gasteiger partial charge in [0.25, 0.3) is 5.91 Å². The largest absolute Gasteiger partial charge is 0.452 e. The van der Waals surface area contributed by atoms with E-state index < -0.39 is 0 Å². The molecule has 2 aromatic rings. The van der Waals surface area contributed by atoms with Crippen LogP contribution < -0.4 is 4.90 Å². The number of furan rings is 1. The molecule has 1 aliphatic heterocycles. The van der Waals surface area contributed by atoms with Crippen molar-refractivity contribution in [1.82, 2.24) is 0 Å². The van der Waals surface area contributed by atoms with E-state index in [4.69, 9.17) is 16.0 Å². The molecular formula is C15H14ClNO2. The quantitative estimate of drug-likeness (QED) is 0.790. The number of halogens is 1. The fraction of sp³-hybridized carbons (Fsp3) is 0.267. The van der Waals surface area contributed by atoms with E-state index >= 15 is 0 Å². The summed E-state index contributed by atoms with van der Waals surface area (Å²) in [5, 5.41) is 0.153. The summed E-state index contributed by atoms with van der Waals surface area (Å²) in [6.45, 7) is 2.06. The predicted molar refractivity (Wildman–Crippen MR) is 74.8 cm³/mol. The molecule has 1 amide bonds. The van der Waals surface area contributed by atoms with Crippen LogP contribution in [0.25, 0.3) is 0 Å². The SMILES string of the molecule is CC1CCc2ccccc2N1C(=O)c1ccoc1Cl. The zero-order valence-corrected chi connectivity index (χ0v) is 11.4. The Morgan fingerprint density at radius 1 is 1.37 bits per heavy atom. The van der Waals surface area contributed by atoms with Gasteiger partial charge in [-0.2, -0.15) is 0 Å². The molecule has 0 saturated heterocycles. The van der Waals surface area contributed by atoms with Gasteiger partial charge in [-0.3, -0.25) is 4.79 Å². The van der Waals surface area contributed by atoms with Gasteiger partial charge in [0.1, 0.15) is 0 Å². The number of para-hydroxylation sites is 1. The highest BCUT2D eigenvalue weighted by atomic mass is 35.5. The third kappa shape index (κ3) is 2.04. The number of amides is 1. The molecule has 3 nitrogen and oxygen atoms in total. The molecule has 1 aromatic heterocycles. The Balaban J connectivity index is 2.05. The highest BCUT2D eigenvalue weighted by Crippen LogP contribution is 2.32. The lowest BCUT2D eigenvalue weighted by atomic mass is 9.96. The Hall–Kier alpha value is -1.74. The molecule has 0 bridgehead atoms. The number of carbonyl (C=O) groups excluding carboxylic acids is 1. The molecule has 1 aliphatic rings. The second-order valence-electron chi connectivity index (χ2n) is 4.80. The maximum atomic E-state index is 12.6. The van der Waals surface area contributed by atoms with Gasteiger partial charge in [-0.1, -0.05) is 18.2 Å². The second-order valence-corrected chi connectivity index (χ2v) is 5.14. The molecule has 3 rings (SSSR count). The van der Waals surface area contributed by atoms with Crippen LogP contribution in [0.1, 0.15) is 29.3 Å². The number of hydrogen-bond acceptors (Lipinski definition) is 2. The number of rotatable bonds is 1. The minimum atomic E-state index is -0.0987. The number of aryl methyl sites for hydroxylation is 1. The van der Waals surface area contributed by atoms with Crippen LogP contribution >= 0.6 is 11.6 Å². The first-order valence-electron chi connectivity index (χ1n) is 6.33. The standard InChI is InChI=1S/C15H14ClNO2/c1-10-6-7-11-4-2-3-5-13(11)17(10)15(18)12-8-9-19-14(12)16/h2-5,8-10H,6-7H2,1H3. The Bertz CT molecular complexity index is 620. The van der Waals surface area contributed by atoms with E-state index in [2.05, 4.69) is 13.0 Å². The van der Waals surface area contributed by atoms with Gasteiger partial charge in [-0.05, 0) is 49.1 Å². The summed E-state index contributed by atoms with van der Waals surface area (Å²) in [4.78, 5) is 14.5. The molecule has 0 spiro atoms. The summed E-state index contributed by atoms with van der Waals surface area (Å²) in [5.41, 5.74) is 2.60. The van der Waals surface area contributed by atoms with E-state index in [1.165, 1.54) is 11.8 Å². The van der Waals surface area contributed by atoms with Crippen LogP contribution in [0.4, 0.5) is 5.69 Å². The maximum Gasteiger partial charge on any atom is 0.263 e. The first kappa shape index (κ1) is 12.3. The van der Waals surface area contributed by atoms with Gasteiger partial charge in [0.05, 0.1) is 11.8 Å². The average Bonchev–Trinajstić information content (AvgIpc) is 2.84. The van der Waals surface area contributed by atoms with Crippen LogP contribution in [0.2, 0.25) is 5.22 Å². The van der Waals surface area contributed by atoms with E-state index in [1.54, 1.807) is 6.07 Å². The lowest BCUT2D eigenvalue weighted by molar-refractivity contribution is 0.0975. The average molecular weight is 276 g/mol. The van der Waals surface area contributed by atoms with Crippen molar-refractivity contribution in [3.05, 3.63) is 52.9 Å². The van der Waals surface area contributed by atoms with Crippen LogP contribution in [0.5, 0.6) is 0 Å². The van der Waals surface area contributed by atoms with Crippen molar-refractivity contribution in [2.24, 2.45) is 0 Å². The molecule has 1 unspecified atom stereocenters. The van der Waals surface area contributed by atoms with Gasteiger partial charge >= 0.3 is 0 Å². The van der Waals surface area contributed by atoms with Crippen molar-refractivity contribution in [3.63, 3.8) is 0 Å². The minimum absolute atomic E-state index is 0.0987. The van der Waals surface area contributed by atoms with Gasteiger partial charge in [-0.15, -0.1) is 0 Å². The second kappa shape index (κ2) is 4.74. The van der Waals surface area contributed by atoms with Gasteiger partial charge < -0.3 is 9.32 Å². The van der Waals surface area contributed by atoms with Crippen LogP contribution in [0, 0.1) is 0 Å². The molecular weight excluding hydrogens is 262 g/mol. The highest BCUT2D eigenvalue weighted by molar-refractivity contribution is 6.33. The summed E-state index contributed by atoms with van der Waals surface area (Å²) in [7, 11) is 0. The van der Waals surface area contributed by atoms with Crippen LogP contribution in [-0.2, 0) is 6.42 Å². The van der Waals surface area contributed by atoms with E-state index in [-0.39, 0.29) is 17.2 Å². The van der Waals surface area contributed by atoms with Crippen molar-refractivity contribution in [2.75, 3.05) is 4.90 Å². The van der Waals surface area contributed by atoms with Crippen molar-refractivity contribution in [3.8, 4) is 0 Å². The normalized spacial score (nSPS) is 18.2. The summed E-state index contributed by atoms with van der Waals surface area (Å²) in [6.07, 6.45) is 3.40. The van der Waals surface area contributed by atoms with Gasteiger partial charge in [0.2, 0.25) is 5.22 Å². The van der Waals surface area contributed by atoms with Crippen LogP contribution in [0.15, 0.2) is 41.0 Å². The van der Waals surface area contributed by atoms with Crippen molar-refractivity contribution >= 4 is 23.2 Å². The Labute approximate surface area is 116 Å². The number of hydrogen-bond donors (Lipinski definition) is 0. The number of carbonyl (C=O) groups is 1. The van der Waals surface area contributed by atoms with Crippen molar-refractivity contribution in [2.45, 2.75) is 25.8 Å². The first-order valence-corrected chi connectivity index (χ1v) is 6.70. The molecule has 0 aliphatic carbocycles. The number of anilines is 1. The molecule has 0 saturated carbocycles. The van der Waals surface area contributed by atoms with E-state index in [1.807, 2.05) is 23.1 Å². The molecule has 2 heterocycles. The van der Waals surface area contributed by atoms with Gasteiger partial charge in [0, 0.05) is 11.7 Å². The molecule has 0 fully saturated rings. The topological polar surface area (TPSA) is 33.5 Å². The molecule has 19 heavy (non-hydrogen) atoms. The number of fused-ring (bicyclic) bond motifs is 1. The zero-order chi connectivity index (χ0) is 13.4. The molecule has 4 heteroatoms. The van der Waals surface area contributed by atoms with E-state index in [0.29, 0.717) is 5.56 Å². The molecule has 0 N–H and O–H groups in total. The molecule has 0 radical (unpaired) electrons. The highest BCUT2D eigenvalue weighted by Gasteiger charge is 2.30. The maximum absolute atomic E-state index is 12.6. The third-order valence-electron chi connectivity index (χ3n) is 3.59. The fourth-order valence-corrected chi connectivity index (χ4v) is 2.77. The summed E-state index contributed by atoms with van der Waals surface area (Å²) < 4.78 is 5.02. The Morgan fingerprint density at radius 3 is 2.89 bits per heavy atom. The predicted octanol–water partition coefficient (Wildman–Crippen LogP) is 3.91. The number of nitrogens with zero attached hydrogens (tertiary/aromatic N) is 1. The summed E-state index contributed by atoms with van der Waals surface area (Å²) in [5.74, 6) is -0.0987. The van der Waals surface area contributed by atoms with Gasteiger partial charge in [0.15, 0.2) is 0 Å². The third-order valence-corrected chi connectivity index (χ3v) is 3.88. The molecule has 98 valence electrons. The van der Waals surface area contributed by atoms with Crippen molar-refractivity contribution < 1.29 is 9.21 Å². The number of benzene rings is 1. The lowest BCUT2D eigenvalue weighted by Gasteiger charge is -2.35. The summed E-state index contributed by atoms with van der Waals surface area (Å²) in [6, 6.07) is 9.79. The first-order chi connectivity index (χ1) is 9.18. The smallest absolute Gasteiger partial charge is 0.263 e. The van der Waals surface area contributed by atoms with E-state index in [9.17, 15) is 4.79 Å². The summed E-state index contributed by atoms with van der Waals surface area (Å²) >= 11 is 5.91. The minimum Gasteiger partial charge on any atom is -0.452 e. The van der Waals surface area contributed by atoms with Crippen molar-refractivity contribution in [1.29, 1.82) is 0 Å². The van der Waals surface area contributed by atoms with Crippen LogP contribution in [-0.4, -0.2) is 11.9 Å². The molecule has 1 aromatic carbocycles. The van der Waals surface area contributed by atoms with Gasteiger partial charge in [-0.25, -0.2) is 0 Å². The Morgan fingerprint density at radius 2 is 2.16 bits per heavy atom. The van der Waals surface area contributed by atoms with E-state index in [0.717, 1.165) is 18.5 Å². The Kier molecular flexibility index (Phi) is 3.07. The van der Waals surface area contributed by atoms with Crippen LogP contribution in [0.3, 0.4) is 0 Å². The lowest BCUT2D eigenvalue weighted by Crippen LogP contribution is -2.42. The fourth-order valence-electron chi connectivity index (χ4n) is 2.57. The monoisotopic (exact) mass is 275 g/mol. The zero-order valence-electron chi connectivity index (χ0n) is 10.6. The molecule has 1 atom stereocenters.